The molecule has 2 aliphatic rings. The molecule has 0 spiro atoms. The summed E-state index contributed by atoms with van der Waals surface area (Å²) in [5, 5.41) is 2.93. The molecule has 0 bridgehead atoms. The number of carbonyl (C=O) groups excluding carboxylic acids is 1. The number of nitrogens with zero attached hydrogens (tertiary/aromatic N) is 5. The minimum absolute atomic E-state index is 0.180. The number of hydrogen-bond donors (Lipinski definition) is 1. The molecule has 2 fully saturated rings. The lowest BCUT2D eigenvalue weighted by Gasteiger charge is -2.36. The smallest absolute Gasteiger partial charge is 0.321 e. The van der Waals surface area contributed by atoms with E-state index >= 15 is 0 Å². The van der Waals surface area contributed by atoms with Crippen LogP contribution in [0.3, 0.4) is 0 Å². The highest BCUT2D eigenvalue weighted by atomic mass is 16.5. The molecule has 0 atom stereocenters. The predicted octanol–water partition coefficient (Wildman–Crippen LogP) is 1.69. The average Bonchev–Trinajstić information content (AvgIpc) is 2.88. The van der Waals surface area contributed by atoms with Crippen LogP contribution in [0.5, 0.6) is 17.2 Å². The molecule has 2 aliphatic heterocycles. The van der Waals surface area contributed by atoms with Gasteiger partial charge in [0.1, 0.15) is 5.82 Å². The van der Waals surface area contributed by atoms with Gasteiger partial charge in [-0.15, -0.1) is 0 Å². The fraction of sp³-hybridized carbons (Fsp3) is 0.500. The van der Waals surface area contributed by atoms with Crippen molar-refractivity contribution in [3.63, 3.8) is 0 Å². The van der Waals surface area contributed by atoms with Crippen molar-refractivity contribution in [3.8, 4) is 17.2 Å². The second kappa shape index (κ2) is 10.4. The van der Waals surface area contributed by atoms with Gasteiger partial charge in [0.25, 0.3) is 0 Å². The molecule has 0 unspecified atom stereocenters. The van der Waals surface area contributed by atoms with Crippen molar-refractivity contribution in [2.24, 2.45) is 0 Å². The van der Waals surface area contributed by atoms with Crippen molar-refractivity contribution in [1.29, 1.82) is 0 Å². The van der Waals surface area contributed by atoms with Gasteiger partial charge in [-0.2, -0.15) is 4.98 Å². The molecule has 2 amide bonds. The van der Waals surface area contributed by atoms with Gasteiger partial charge in [-0.1, -0.05) is 0 Å². The Kier molecular flexibility index (Phi) is 7.18. The number of benzene rings is 1. The lowest BCUT2D eigenvalue weighted by Crippen LogP contribution is -2.50. The standard InChI is InChI=1S/C22H30N6O5/c1-30-17-14-16(15-18(31-2)20(17)32-3)24-22(29)28-8-6-26(7-9-28)19-4-5-23-21(25-19)27-10-12-33-13-11-27/h4-5,14-15H,6-13H2,1-3H3,(H,24,29). The summed E-state index contributed by atoms with van der Waals surface area (Å²) in [7, 11) is 4.62. The molecular weight excluding hydrogens is 428 g/mol. The minimum atomic E-state index is -0.180. The monoisotopic (exact) mass is 458 g/mol. The molecular formula is C22H30N6O5. The van der Waals surface area contributed by atoms with E-state index in [0.717, 1.165) is 24.9 Å². The van der Waals surface area contributed by atoms with Gasteiger partial charge in [-0.05, 0) is 6.07 Å². The van der Waals surface area contributed by atoms with Crippen molar-refractivity contribution < 1.29 is 23.7 Å². The first kappa shape index (κ1) is 22.7. The summed E-state index contributed by atoms with van der Waals surface area (Å²) in [6.07, 6.45) is 1.79. The maximum absolute atomic E-state index is 12.9. The minimum Gasteiger partial charge on any atom is -0.493 e. The van der Waals surface area contributed by atoms with Crippen LogP contribution >= 0.6 is 0 Å². The van der Waals surface area contributed by atoms with Gasteiger partial charge in [0.05, 0.1) is 40.2 Å². The third kappa shape index (κ3) is 5.14. The molecule has 33 heavy (non-hydrogen) atoms. The summed E-state index contributed by atoms with van der Waals surface area (Å²) in [4.78, 5) is 28.1. The number of carbonyl (C=O) groups is 1. The van der Waals surface area contributed by atoms with Crippen LogP contribution < -0.4 is 29.3 Å². The molecule has 0 saturated carbocycles. The van der Waals surface area contributed by atoms with Crippen molar-refractivity contribution in [2.45, 2.75) is 0 Å². The fourth-order valence-corrected chi connectivity index (χ4v) is 3.93. The average molecular weight is 459 g/mol. The summed E-state index contributed by atoms with van der Waals surface area (Å²) in [6.45, 7) is 5.47. The van der Waals surface area contributed by atoms with Gasteiger partial charge in [0, 0.05) is 57.6 Å². The molecule has 1 N–H and O–H groups in total. The van der Waals surface area contributed by atoms with E-state index in [-0.39, 0.29) is 6.03 Å². The SMILES string of the molecule is COc1cc(NC(=O)N2CCN(c3ccnc(N4CCOCC4)n3)CC2)cc(OC)c1OC. The van der Waals surface area contributed by atoms with E-state index in [1.807, 2.05) is 6.07 Å². The number of morpholine rings is 1. The van der Waals surface area contributed by atoms with Gasteiger partial charge in [0.15, 0.2) is 11.5 Å². The highest BCUT2D eigenvalue weighted by Crippen LogP contribution is 2.40. The number of nitrogens with one attached hydrogen (secondary N) is 1. The molecule has 2 aromatic rings. The number of rotatable bonds is 6. The lowest BCUT2D eigenvalue weighted by atomic mass is 10.2. The Labute approximate surface area is 193 Å². The maximum Gasteiger partial charge on any atom is 0.321 e. The number of piperazine rings is 1. The van der Waals surface area contributed by atoms with Gasteiger partial charge in [-0.3, -0.25) is 0 Å². The Morgan fingerprint density at radius 1 is 0.939 bits per heavy atom. The quantitative estimate of drug-likeness (QED) is 0.693. The van der Waals surface area contributed by atoms with Crippen LogP contribution in [-0.4, -0.2) is 94.7 Å². The van der Waals surface area contributed by atoms with Crippen LogP contribution in [-0.2, 0) is 4.74 Å². The van der Waals surface area contributed by atoms with E-state index in [1.165, 1.54) is 0 Å². The molecule has 1 aromatic heterocycles. The van der Waals surface area contributed by atoms with Crippen LogP contribution in [0.2, 0.25) is 0 Å². The molecule has 0 aliphatic carbocycles. The Hall–Kier alpha value is -3.47. The van der Waals surface area contributed by atoms with Crippen LogP contribution in [0, 0.1) is 0 Å². The number of amides is 2. The fourth-order valence-electron chi connectivity index (χ4n) is 3.93. The third-order valence-corrected chi connectivity index (χ3v) is 5.73. The molecule has 11 heteroatoms. The largest absolute Gasteiger partial charge is 0.493 e. The number of ether oxygens (including phenoxy) is 4. The van der Waals surface area contributed by atoms with Crippen LogP contribution in [0.4, 0.5) is 22.2 Å². The highest BCUT2D eigenvalue weighted by Gasteiger charge is 2.24. The molecule has 178 valence electrons. The summed E-state index contributed by atoms with van der Waals surface area (Å²) >= 11 is 0. The normalized spacial score (nSPS) is 16.4. The number of urea groups is 1. The zero-order valence-corrected chi connectivity index (χ0v) is 19.2. The summed E-state index contributed by atoms with van der Waals surface area (Å²) in [6, 6.07) is 5.16. The van der Waals surface area contributed by atoms with Gasteiger partial charge < -0.3 is 39.0 Å². The van der Waals surface area contributed by atoms with Gasteiger partial charge in [-0.25, -0.2) is 9.78 Å². The topological polar surface area (TPSA) is 102 Å². The number of methoxy groups -OCH3 is 3. The predicted molar refractivity (Wildman–Crippen MR) is 124 cm³/mol. The zero-order chi connectivity index (χ0) is 23.2. The first-order chi connectivity index (χ1) is 16.1. The number of aromatic nitrogens is 2. The number of anilines is 3. The van der Waals surface area contributed by atoms with Crippen LogP contribution in [0.1, 0.15) is 0 Å². The second-order valence-electron chi connectivity index (χ2n) is 7.63. The molecule has 3 heterocycles. The van der Waals surface area contributed by atoms with Gasteiger partial charge >= 0.3 is 6.03 Å². The lowest BCUT2D eigenvalue weighted by molar-refractivity contribution is 0.122. The first-order valence-electron chi connectivity index (χ1n) is 10.9. The molecule has 2 saturated heterocycles. The summed E-state index contributed by atoms with van der Waals surface area (Å²) in [5.74, 6) is 3.04. The van der Waals surface area contributed by atoms with Crippen molar-refractivity contribution in [3.05, 3.63) is 24.4 Å². The first-order valence-corrected chi connectivity index (χ1v) is 10.9. The van der Waals surface area contributed by atoms with E-state index in [4.69, 9.17) is 23.9 Å². The Bertz CT molecular complexity index is 935. The van der Waals surface area contributed by atoms with Crippen molar-refractivity contribution in [2.75, 3.05) is 88.9 Å². The third-order valence-electron chi connectivity index (χ3n) is 5.73. The maximum atomic E-state index is 12.9. The van der Waals surface area contributed by atoms with Crippen molar-refractivity contribution >= 4 is 23.5 Å². The molecule has 11 nitrogen and oxygen atoms in total. The van der Waals surface area contributed by atoms with Gasteiger partial charge in [0.2, 0.25) is 11.7 Å². The summed E-state index contributed by atoms with van der Waals surface area (Å²) in [5.41, 5.74) is 0.572. The zero-order valence-electron chi connectivity index (χ0n) is 19.2. The van der Waals surface area contributed by atoms with E-state index < -0.39 is 0 Å². The second-order valence-corrected chi connectivity index (χ2v) is 7.63. The summed E-state index contributed by atoms with van der Waals surface area (Å²) < 4.78 is 21.5. The van der Waals surface area contributed by atoms with E-state index in [9.17, 15) is 4.79 Å². The Balaban J connectivity index is 1.37. The number of hydrogen-bond acceptors (Lipinski definition) is 9. The Morgan fingerprint density at radius 2 is 1.61 bits per heavy atom. The van der Waals surface area contributed by atoms with E-state index in [1.54, 1.807) is 44.6 Å². The van der Waals surface area contributed by atoms with Crippen LogP contribution in [0.25, 0.3) is 0 Å². The molecule has 4 rings (SSSR count). The van der Waals surface area contributed by atoms with E-state index in [0.29, 0.717) is 62.3 Å². The van der Waals surface area contributed by atoms with E-state index in [2.05, 4.69) is 20.1 Å². The Morgan fingerprint density at radius 3 is 2.21 bits per heavy atom. The van der Waals surface area contributed by atoms with Crippen molar-refractivity contribution in [1.82, 2.24) is 14.9 Å². The molecule has 1 aromatic carbocycles. The molecule has 0 radical (unpaired) electrons. The highest BCUT2D eigenvalue weighted by molar-refractivity contribution is 5.90. The van der Waals surface area contributed by atoms with Crippen LogP contribution in [0.15, 0.2) is 24.4 Å².